The Morgan fingerprint density at radius 2 is 1.95 bits per heavy atom. The van der Waals surface area contributed by atoms with Gasteiger partial charge in [-0.1, -0.05) is 49.9 Å². The molecular weight excluding hydrogens is 285 g/mol. The Hall–Kier alpha value is -0.930. The summed E-state index contributed by atoms with van der Waals surface area (Å²) in [5.41, 5.74) is 0. The van der Waals surface area contributed by atoms with Crippen molar-refractivity contribution in [1.82, 2.24) is 5.32 Å². The first-order valence-electron chi connectivity index (χ1n) is 6.41. The van der Waals surface area contributed by atoms with Crippen molar-refractivity contribution in [2.75, 3.05) is 13.2 Å². The molecule has 0 fully saturated rings. The van der Waals surface area contributed by atoms with E-state index >= 15 is 0 Å². The number of carbonyl (C=O) groups excluding carboxylic acids is 1. The molecule has 0 heterocycles. The zero-order chi connectivity index (χ0) is 14.3. The molecule has 5 heteroatoms. The van der Waals surface area contributed by atoms with Crippen LogP contribution in [0.3, 0.4) is 0 Å². The summed E-state index contributed by atoms with van der Waals surface area (Å²) in [4.78, 5) is 11.6. The Labute approximate surface area is 124 Å². The highest BCUT2D eigenvalue weighted by molar-refractivity contribution is 6.42. The molecule has 106 valence electrons. The van der Waals surface area contributed by atoms with E-state index in [-0.39, 0.29) is 12.5 Å². The van der Waals surface area contributed by atoms with E-state index in [1.807, 2.05) is 0 Å². The van der Waals surface area contributed by atoms with E-state index in [0.717, 1.165) is 12.8 Å². The van der Waals surface area contributed by atoms with Crippen LogP contribution in [0.25, 0.3) is 0 Å². The van der Waals surface area contributed by atoms with E-state index < -0.39 is 0 Å². The largest absolute Gasteiger partial charge is 0.484 e. The van der Waals surface area contributed by atoms with Crippen LogP contribution in [-0.4, -0.2) is 19.1 Å². The fourth-order valence-electron chi connectivity index (χ4n) is 1.60. The van der Waals surface area contributed by atoms with Gasteiger partial charge in [-0.3, -0.25) is 4.79 Å². The number of amides is 1. The molecule has 0 aliphatic rings. The van der Waals surface area contributed by atoms with Gasteiger partial charge in [0.25, 0.3) is 5.91 Å². The third-order valence-electron chi connectivity index (χ3n) is 3.00. The van der Waals surface area contributed by atoms with Gasteiger partial charge in [-0.15, -0.1) is 0 Å². The highest BCUT2D eigenvalue weighted by Gasteiger charge is 2.07. The zero-order valence-electron chi connectivity index (χ0n) is 11.2. The second-order valence-corrected chi connectivity index (χ2v) is 5.17. The zero-order valence-corrected chi connectivity index (χ0v) is 12.7. The van der Waals surface area contributed by atoms with Gasteiger partial charge in [0, 0.05) is 12.6 Å². The van der Waals surface area contributed by atoms with Crippen LogP contribution >= 0.6 is 23.2 Å². The first-order chi connectivity index (χ1) is 9.06. The van der Waals surface area contributed by atoms with E-state index in [1.54, 1.807) is 18.2 Å². The number of hydrogen-bond donors (Lipinski definition) is 1. The van der Waals surface area contributed by atoms with Gasteiger partial charge >= 0.3 is 0 Å². The molecule has 0 radical (unpaired) electrons. The van der Waals surface area contributed by atoms with Gasteiger partial charge in [0.15, 0.2) is 6.61 Å². The van der Waals surface area contributed by atoms with Gasteiger partial charge in [-0.05, 0) is 18.1 Å². The standard InChI is InChI=1S/C14H19Cl2NO2/c1-3-10(4-2)8-17-14(18)9-19-11-5-6-12(15)13(16)7-11/h5-7,10H,3-4,8-9H2,1-2H3,(H,17,18). The first kappa shape index (κ1) is 16.1. The maximum atomic E-state index is 11.6. The average molecular weight is 304 g/mol. The molecule has 1 amide bonds. The molecule has 1 aromatic rings. The van der Waals surface area contributed by atoms with Gasteiger partial charge in [0.2, 0.25) is 0 Å². The van der Waals surface area contributed by atoms with Gasteiger partial charge in [-0.2, -0.15) is 0 Å². The minimum absolute atomic E-state index is 0.0158. The average Bonchev–Trinajstić information content (AvgIpc) is 2.41. The van der Waals surface area contributed by atoms with Crippen LogP contribution in [0, 0.1) is 5.92 Å². The fourth-order valence-corrected chi connectivity index (χ4v) is 1.89. The van der Waals surface area contributed by atoms with Gasteiger partial charge in [0.1, 0.15) is 5.75 Å². The third-order valence-corrected chi connectivity index (χ3v) is 3.74. The quantitative estimate of drug-likeness (QED) is 0.829. The van der Waals surface area contributed by atoms with Crippen LogP contribution in [0.4, 0.5) is 0 Å². The molecule has 0 bridgehead atoms. The highest BCUT2D eigenvalue weighted by atomic mass is 35.5. The summed E-state index contributed by atoms with van der Waals surface area (Å²) >= 11 is 11.7. The number of carbonyl (C=O) groups is 1. The molecule has 1 N–H and O–H groups in total. The normalized spacial score (nSPS) is 10.6. The van der Waals surface area contributed by atoms with Crippen molar-refractivity contribution in [3.63, 3.8) is 0 Å². The molecule has 0 saturated heterocycles. The van der Waals surface area contributed by atoms with Crippen molar-refractivity contribution in [3.8, 4) is 5.75 Å². The van der Waals surface area contributed by atoms with Crippen molar-refractivity contribution in [3.05, 3.63) is 28.2 Å². The van der Waals surface area contributed by atoms with Gasteiger partial charge in [0.05, 0.1) is 10.0 Å². The second-order valence-electron chi connectivity index (χ2n) is 4.35. The van der Waals surface area contributed by atoms with Crippen molar-refractivity contribution in [2.45, 2.75) is 26.7 Å². The maximum absolute atomic E-state index is 11.6. The Morgan fingerprint density at radius 1 is 1.26 bits per heavy atom. The van der Waals surface area contributed by atoms with Crippen LogP contribution < -0.4 is 10.1 Å². The monoisotopic (exact) mass is 303 g/mol. The number of benzene rings is 1. The Bertz CT molecular complexity index is 420. The molecule has 0 spiro atoms. The molecule has 0 aliphatic carbocycles. The summed E-state index contributed by atoms with van der Waals surface area (Å²) in [5.74, 6) is 0.930. The number of hydrogen-bond acceptors (Lipinski definition) is 2. The van der Waals surface area contributed by atoms with Crippen molar-refractivity contribution < 1.29 is 9.53 Å². The lowest BCUT2D eigenvalue weighted by Gasteiger charge is -2.13. The smallest absolute Gasteiger partial charge is 0.257 e. The summed E-state index contributed by atoms with van der Waals surface area (Å²) in [6.07, 6.45) is 2.12. The predicted molar refractivity (Wildman–Crippen MR) is 79.0 cm³/mol. The second kappa shape index (κ2) is 8.28. The topological polar surface area (TPSA) is 38.3 Å². The SMILES string of the molecule is CCC(CC)CNC(=O)COc1ccc(Cl)c(Cl)c1. The highest BCUT2D eigenvalue weighted by Crippen LogP contribution is 2.26. The lowest BCUT2D eigenvalue weighted by Crippen LogP contribution is -2.32. The lowest BCUT2D eigenvalue weighted by molar-refractivity contribution is -0.123. The van der Waals surface area contributed by atoms with Crippen LogP contribution in [0.5, 0.6) is 5.75 Å². The predicted octanol–water partition coefficient (Wildman–Crippen LogP) is 3.92. The van der Waals surface area contributed by atoms with Crippen LogP contribution in [0.1, 0.15) is 26.7 Å². The van der Waals surface area contributed by atoms with E-state index in [4.69, 9.17) is 27.9 Å². The summed E-state index contributed by atoms with van der Waals surface area (Å²) in [6, 6.07) is 4.92. The number of ether oxygens (including phenoxy) is 1. The Kier molecular flexibility index (Phi) is 7.03. The lowest BCUT2D eigenvalue weighted by atomic mass is 10.0. The summed E-state index contributed by atoms with van der Waals surface area (Å²) in [7, 11) is 0. The minimum Gasteiger partial charge on any atom is -0.484 e. The molecule has 0 aliphatic heterocycles. The van der Waals surface area contributed by atoms with Crippen molar-refractivity contribution in [2.24, 2.45) is 5.92 Å². The van der Waals surface area contributed by atoms with Crippen LogP contribution in [0.2, 0.25) is 10.0 Å². The number of halogens is 2. The summed E-state index contributed by atoms with van der Waals surface area (Å²) in [6.45, 7) is 4.91. The van der Waals surface area contributed by atoms with E-state index in [2.05, 4.69) is 19.2 Å². The first-order valence-corrected chi connectivity index (χ1v) is 7.16. The number of rotatable bonds is 7. The van der Waals surface area contributed by atoms with Crippen molar-refractivity contribution in [1.29, 1.82) is 0 Å². The van der Waals surface area contributed by atoms with E-state index in [9.17, 15) is 4.79 Å². The summed E-state index contributed by atoms with van der Waals surface area (Å²) in [5, 5.41) is 3.74. The molecule has 0 atom stereocenters. The Balaban J connectivity index is 2.35. The van der Waals surface area contributed by atoms with Crippen LogP contribution in [0.15, 0.2) is 18.2 Å². The molecule has 0 saturated carbocycles. The van der Waals surface area contributed by atoms with Crippen molar-refractivity contribution >= 4 is 29.1 Å². The molecule has 1 aromatic carbocycles. The fraction of sp³-hybridized carbons (Fsp3) is 0.500. The van der Waals surface area contributed by atoms with Crippen LogP contribution in [-0.2, 0) is 4.79 Å². The molecular formula is C14H19Cl2NO2. The maximum Gasteiger partial charge on any atom is 0.257 e. The third kappa shape index (κ3) is 5.70. The molecule has 1 rings (SSSR count). The van der Waals surface area contributed by atoms with Gasteiger partial charge < -0.3 is 10.1 Å². The van der Waals surface area contributed by atoms with E-state index in [0.29, 0.717) is 28.3 Å². The molecule has 3 nitrogen and oxygen atoms in total. The van der Waals surface area contributed by atoms with Gasteiger partial charge in [-0.25, -0.2) is 0 Å². The number of nitrogens with one attached hydrogen (secondary N) is 1. The van der Waals surface area contributed by atoms with E-state index in [1.165, 1.54) is 0 Å². The summed E-state index contributed by atoms with van der Waals surface area (Å²) < 4.78 is 5.35. The minimum atomic E-state index is -0.127. The molecule has 0 aromatic heterocycles. The Morgan fingerprint density at radius 3 is 2.53 bits per heavy atom. The molecule has 19 heavy (non-hydrogen) atoms. The molecule has 0 unspecified atom stereocenters.